The summed E-state index contributed by atoms with van der Waals surface area (Å²) in [5.74, 6) is 0.543. The Morgan fingerprint density at radius 1 is 1.12 bits per heavy atom. The summed E-state index contributed by atoms with van der Waals surface area (Å²) in [5, 5.41) is 5.71. The monoisotopic (exact) mass is 346 g/mol. The van der Waals surface area contributed by atoms with E-state index in [1.165, 1.54) is 6.92 Å². The SMILES string of the molecule is CC(=O)Nc1cc(NC(=O)C2COc3ccccc3O2)ccc1Cl. The molecular formula is C17H15ClN2O4. The Balaban J connectivity index is 1.70. The van der Waals surface area contributed by atoms with Crippen LogP contribution in [0.2, 0.25) is 5.02 Å². The third-order valence-corrected chi connectivity index (χ3v) is 3.68. The summed E-state index contributed by atoms with van der Waals surface area (Å²) in [6.45, 7) is 1.50. The predicted molar refractivity (Wildman–Crippen MR) is 90.7 cm³/mol. The number of hydrogen-bond acceptors (Lipinski definition) is 4. The maximum absolute atomic E-state index is 12.4. The van der Waals surface area contributed by atoms with E-state index in [1.54, 1.807) is 36.4 Å². The third-order valence-electron chi connectivity index (χ3n) is 3.35. The van der Waals surface area contributed by atoms with Gasteiger partial charge in [-0.25, -0.2) is 0 Å². The number of ether oxygens (including phenoxy) is 2. The van der Waals surface area contributed by atoms with Gasteiger partial charge in [0.25, 0.3) is 5.91 Å². The number of amides is 2. The van der Waals surface area contributed by atoms with Crippen molar-refractivity contribution in [2.24, 2.45) is 0 Å². The average Bonchev–Trinajstić information content (AvgIpc) is 2.57. The quantitative estimate of drug-likeness (QED) is 0.895. The first-order chi connectivity index (χ1) is 11.5. The van der Waals surface area contributed by atoms with E-state index in [0.29, 0.717) is 27.9 Å². The largest absolute Gasteiger partial charge is 0.485 e. The third kappa shape index (κ3) is 3.60. The lowest BCUT2D eigenvalue weighted by Crippen LogP contribution is -2.40. The topological polar surface area (TPSA) is 76.7 Å². The van der Waals surface area contributed by atoms with E-state index >= 15 is 0 Å². The molecule has 1 aliphatic heterocycles. The number of para-hydroxylation sites is 2. The number of rotatable bonds is 3. The van der Waals surface area contributed by atoms with Gasteiger partial charge in [0.15, 0.2) is 11.5 Å². The highest BCUT2D eigenvalue weighted by Gasteiger charge is 2.27. The van der Waals surface area contributed by atoms with Gasteiger partial charge < -0.3 is 20.1 Å². The molecule has 1 aliphatic rings. The second-order valence-corrected chi connectivity index (χ2v) is 5.64. The summed E-state index contributed by atoms with van der Waals surface area (Å²) in [7, 11) is 0. The summed E-state index contributed by atoms with van der Waals surface area (Å²) in [6, 6.07) is 12.0. The van der Waals surface area contributed by atoms with Crippen LogP contribution in [0.25, 0.3) is 0 Å². The van der Waals surface area contributed by atoms with Gasteiger partial charge in [-0.05, 0) is 30.3 Å². The van der Waals surface area contributed by atoms with Crippen molar-refractivity contribution in [3.63, 3.8) is 0 Å². The first-order valence-corrected chi connectivity index (χ1v) is 7.67. The van der Waals surface area contributed by atoms with Crippen molar-refractivity contribution in [3.05, 3.63) is 47.5 Å². The summed E-state index contributed by atoms with van der Waals surface area (Å²) < 4.78 is 11.2. The van der Waals surface area contributed by atoms with Crippen LogP contribution in [0.5, 0.6) is 11.5 Å². The van der Waals surface area contributed by atoms with Gasteiger partial charge in [-0.15, -0.1) is 0 Å². The zero-order valence-electron chi connectivity index (χ0n) is 12.8. The predicted octanol–water partition coefficient (Wildman–Crippen LogP) is 3.08. The molecule has 1 atom stereocenters. The summed E-state index contributed by atoms with van der Waals surface area (Å²) >= 11 is 6.01. The molecule has 2 N–H and O–H groups in total. The molecule has 2 amide bonds. The number of halogens is 1. The number of carbonyl (C=O) groups is 2. The Morgan fingerprint density at radius 2 is 1.88 bits per heavy atom. The lowest BCUT2D eigenvalue weighted by molar-refractivity contribution is -0.125. The number of hydrogen-bond donors (Lipinski definition) is 2. The van der Waals surface area contributed by atoms with E-state index in [2.05, 4.69) is 10.6 Å². The maximum atomic E-state index is 12.4. The molecule has 0 radical (unpaired) electrons. The normalized spacial score (nSPS) is 15.5. The molecule has 0 aliphatic carbocycles. The molecule has 6 nitrogen and oxygen atoms in total. The highest BCUT2D eigenvalue weighted by atomic mass is 35.5. The molecule has 1 heterocycles. The van der Waals surface area contributed by atoms with Crippen LogP contribution in [0.1, 0.15) is 6.92 Å². The van der Waals surface area contributed by atoms with Crippen molar-refractivity contribution in [3.8, 4) is 11.5 Å². The molecule has 0 aromatic heterocycles. The Kier molecular flexibility index (Phi) is 4.57. The number of fused-ring (bicyclic) bond motifs is 1. The van der Waals surface area contributed by atoms with Crippen LogP contribution in [0.15, 0.2) is 42.5 Å². The Bertz CT molecular complexity index is 794. The molecule has 7 heteroatoms. The molecule has 0 saturated carbocycles. The molecule has 3 rings (SSSR count). The van der Waals surface area contributed by atoms with E-state index in [9.17, 15) is 9.59 Å². The molecule has 0 bridgehead atoms. The van der Waals surface area contributed by atoms with E-state index in [0.717, 1.165) is 0 Å². The summed E-state index contributed by atoms with van der Waals surface area (Å²) in [6.07, 6.45) is -0.764. The van der Waals surface area contributed by atoms with Crippen LogP contribution in [-0.4, -0.2) is 24.5 Å². The van der Waals surface area contributed by atoms with Gasteiger partial charge in [-0.1, -0.05) is 23.7 Å². The van der Waals surface area contributed by atoms with Crippen molar-refractivity contribution in [2.75, 3.05) is 17.2 Å². The molecular weight excluding hydrogens is 332 g/mol. The van der Waals surface area contributed by atoms with Gasteiger partial charge in [0, 0.05) is 12.6 Å². The highest BCUT2D eigenvalue weighted by Crippen LogP contribution is 2.31. The zero-order valence-corrected chi connectivity index (χ0v) is 13.6. The van der Waals surface area contributed by atoms with Crippen molar-refractivity contribution in [1.29, 1.82) is 0 Å². The second-order valence-electron chi connectivity index (χ2n) is 5.23. The first kappa shape index (κ1) is 16.1. The van der Waals surface area contributed by atoms with Gasteiger partial charge in [0.05, 0.1) is 10.7 Å². The molecule has 2 aromatic rings. The molecule has 124 valence electrons. The van der Waals surface area contributed by atoms with Crippen LogP contribution < -0.4 is 20.1 Å². The number of benzene rings is 2. The number of anilines is 2. The average molecular weight is 347 g/mol. The van der Waals surface area contributed by atoms with Gasteiger partial charge >= 0.3 is 0 Å². The number of nitrogens with one attached hydrogen (secondary N) is 2. The van der Waals surface area contributed by atoms with E-state index in [-0.39, 0.29) is 18.4 Å². The lowest BCUT2D eigenvalue weighted by atomic mass is 10.2. The van der Waals surface area contributed by atoms with E-state index < -0.39 is 6.10 Å². The van der Waals surface area contributed by atoms with Crippen LogP contribution in [0, 0.1) is 0 Å². The van der Waals surface area contributed by atoms with Crippen LogP contribution in [0.3, 0.4) is 0 Å². The van der Waals surface area contributed by atoms with Crippen LogP contribution in [0.4, 0.5) is 11.4 Å². The van der Waals surface area contributed by atoms with E-state index in [4.69, 9.17) is 21.1 Å². The lowest BCUT2D eigenvalue weighted by Gasteiger charge is -2.25. The fourth-order valence-electron chi connectivity index (χ4n) is 2.26. The standard InChI is InChI=1S/C17H15ClN2O4/c1-10(21)19-13-8-11(6-7-12(13)18)20-17(22)16-9-23-14-4-2-3-5-15(14)24-16/h2-8,16H,9H2,1H3,(H,19,21)(H,20,22). The zero-order chi connectivity index (χ0) is 17.1. The fourth-order valence-corrected chi connectivity index (χ4v) is 2.42. The van der Waals surface area contributed by atoms with Crippen LogP contribution >= 0.6 is 11.6 Å². The molecule has 0 spiro atoms. The Hall–Kier alpha value is -2.73. The number of carbonyl (C=O) groups excluding carboxylic acids is 2. The van der Waals surface area contributed by atoms with Crippen molar-refractivity contribution in [1.82, 2.24) is 0 Å². The van der Waals surface area contributed by atoms with Crippen LogP contribution in [-0.2, 0) is 9.59 Å². The molecule has 0 fully saturated rings. The minimum Gasteiger partial charge on any atom is -0.485 e. The van der Waals surface area contributed by atoms with E-state index in [1.807, 2.05) is 6.07 Å². The van der Waals surface area contributed by atoms with Gasteiger partial charge in [-0.3, -0.25) is 9.59 Å². The first-order valence-electron chi connectivity index (χ1n) is 7.29. The molecule has 1 unspecified atom stereocenters. The highest BCUT2D eigenvalue weighted by molar-refractivity contribution is 6.33. The summed E-state index contributed by atoms with van der Waals surface area (Å²) in [5.41, 5.74) is 0.920. The fraction of sp³-hybridized carbons (Fsp3) is 0.176. The van der Waals surface area contributed by atoms with Gasteiger partial charge in [0.1, 0.15) is 6.61 Å². The smallest absolute Gasteiger partial charge is 0.269 e. The van der Waals surface area contributed by atoms with Crippen molar-refractivity contribution in [2.45, 2.75) is 13.0 Å². The molecule has 24 heavy (non-hydrogen) atoms. The second kappa shape index (κ2) is 6.80. The molecule has 2 aromatic carbocycles. The molecule has 0 saturated heterocycles. The minimum absolute atomic E-state index is 0.120. The van der Waals surface area contributed by atoms with Crippen molar-refractivity contribution >= 4 is 34.8 Å². The van der Waals surface area contributed by atoms with Gasteiger partial charge in [-0.2, -0.15) is 0 Å². The Morgan fingerprint density at radius 3 is 2.62 bits per heavy atom. The van der Waals surface area contributed by atoms with Gasteiger partial charge in [0.2, 0.25) is 12.0 Å². The minimum atomic E-state index is -0.764. The summed E-state index contributed by atoms with van der Waals surface area (Å²) in [4.78, 5) is 23.5. The Labute approximate surface area is 143 Å². The maximum Gasteiger partial charge on any atom is 0.269 e. The van der Waals surface area contributed by atoms with Crippen molar-refractivity contribution < 1.29 is 19.1 Å².